The third kappa shape index (κ3) is 3.63. The van der Waals surface area contributed by atoms with Gasteiger partial charge in [-0.2, -0.15) is 15.3 Å². The van der Waals surface area contributed by atoms with Crippen molar-refractivity contribution in [2.75, 3.05) is 10.6 Å². The Morgan fingerprint density at radius 3 is 1.96 bits per heavy atom. The summed E-state index contributed by atoms with van der Waals surface area (Å²) < 4.78 is 4.79. The van der Waals surface area contributed by atoms with Gasteiger partial charge in [-0.3, -0.25) is 23.6 Å². The zero-order valence-electron chi connectivity index (χ0n) is 14.8. The average molecular weight is 356 g/mol. The highest BCUT2D eigenvalue weighted by Crippen LogP contribution is 2.13. The van der Waals surface area contributed by atoms with E-state index in [4.69, 9.17) is 0 Å². The highest BCUT2D eigenvalue weighted by atomic mass is 16.2. The molecule has 0 fully saturated rings. The highest BCUT2D eigenvalue weighted by Gasteiger charge is 2.22. The van der Waals surface area contributed by atoms with Crippen LogP contribution in [0.4, 0.5) is 11.6 Å². The molecule has 136 valence electrons. The molecule has 3 heterocycles. The van der Waals surface area contributed by atoms with Crippen LogP contribution in [0.2, 0.25) is 0 Å². The molecule has 0 atom stereocenters. The average Bonchev–Trinajstić information content (AvgIpc) is 3.34. The minimum absolute atomic E-state index is 0.0194. The van der Waals surface area contributed by atoms with Gasteiger partial charge >= 0.3 is 0 Å². The van der Waals surface area contributed by atoms with Crippen LogP contribution in [-0.2, 0) is 20.1 Å². The van der Waals surface area contributed by atoms with E-state index in [2.05, 4.69) is 25.9 Å². The first-order valence-electron chi connectivity index (χ1n) is 8.23. The molecule has 0 spiro atoms. The fourth-order valence-electron chi connectivity index (χ4n) is 2.39. The molecule has 3 aromatic rings. The Hall–Kier alpha value is -3.43. The second kappa shape index (κ2) is 7.21. The molecule has 0 saturated heterocycles. The largest absolute Gasteiger partial charge is 0.305 e. The Balaban J connectivity index is 1.78. The van der Waals surface area contributed by atoms with E-state index in [1.54, 1.807) is 40.9 Å². The molecule has 2 N–H and O–H groups in total. The standard InChI is InChI=1S/C16H20N8O2/c1-4-23-8-6-12(19-23)17-15(25)11-10-22(3)21-14(11)16(26)18-13-7-9-24(5-2)20-13/h6-10H,4-5H2,1-3H3,(H,17,19,25)(H,18,20,26). The van der Waals surface area contributed by atoms with Crippen LogP contribution in [0, 0.1) is 0 Å². The van der Waals surface area contributed by atoms with Gasteiger partial charge in [0.25, 0.3) is 11.8 Å². The van der Waals surface area contributed by atoms with Crippen molar-refractivity contribution in [3.8, 4) is 0 Å². The molecule has 0 aromatic carbocycles. The fraction of sp³-hybridized carbons (Fsp3) is 0.312. The number of anilines is 2. The van der Waals surface area contributed by atoms with Crippen molar-refractivity contribution in [2.24, 2.45) is 7.05 Å². The number of hydrogen-bond acceptors (Lipinski definition) is 5. The van der Waals surface area contributed by atoms with E-state index in [9.17, 15) is 9.59 Å². The first kappa shape index (κ1) is 17.4. The van der Waals surface area contributed by atoms with Crippen LogP contribution in [0.15, 0.2) is 30.7 Å². The summed E-state index contributed by atoms with van der Waals surface area (Å²) in [6.07, 6.45) is 5.01. The van der Waals surface area contributed by atoms with Gasteiger partial charge in [-0.05, 0) is 13.8 Å². The molecule has 0 aliphatic heterocycles. The van der Waals surface area contributed by atoms with E-state index in [0.29, 0.717) is 24.7 Å². The third-order valence-corrected chi connectivity index (χ3v) is 3.70. The first-order chi connectivity index (χ1) is 12.5. The van der Waals surface area contributed by atoms with Gasteiger partial charge in [-0.15, -0.1) is 0 Å². The second-order valence-corrected chi connectivity index (χ2v) is 5.59. The second-order valence-electron chi connectivity index (χ2n) is 5.59. The molecule has 26 heavy (non-hydrogen) atoms. The number of amides is 2. The van der Waals surface area contributed by atoms with Gasteiger partial charge in [0, 0.05) is 50.9 Å². The van der Waals surface area contributed by atoms with Crippen LogP contribution in [-0.4, -0.2) is 41.2 Å². The maximum absolute atomic E-state index is 12.5. The van der Waals surface area contributed by atoms with Crippen molar-refractivity contribution in [2.45, 2.75) is 26.9 Å². The number of hydrogen-bond donors (Lipinski definition) is 2. The predicted octanol–water partition coefficient (Wildman–Crippen LogP) is 1.36. The molecule has 10 nitrogen and oxygen atoms in total. The summed E-state index contributed by atoms with van der Waals surface area (Å²) in [5.74, 6) is -0.149. The number of rotatable bonds is 6. The number of nitrogens with one attached hydrogen (secondary N) is 2. The Morgan fingerprint density at radius 1 is 0.923 bits per heavy atom. The lowest BCUT2D eigenvalue weighted by atomic mass is 10.2. The number of nitrogens with zero attached hydrogens (tertiary/aromatic N) is 6. The van der Waals surface area contributed by atoms with Crippen LogP contribution in [0.25, 0.3) is 0 Å². The Morgan fingerprint density at radius 2 is 1.46 bits per heavy atom. The quantitative estimate of drug-likeness (QED) is 0.692. The normalized spacial score (nSPS) is 10.7. The molecule has 2 amide bonds. The third-order valence-electron chi connectivity index (χ3n) is 3.70. The first-order valence-corrected chi connectivity index (χ1v) is 8.23. The summed E-state index contributed by atoms with van der Waals surface area (Å²) >= 11 is 0. The topological polar surface area (TPSA) is 112 Å². The molecule has 0 saturated carbocycles. The van der Waals surface area contributed by atoms with Crippen LogP contribution in [0.5, 0.6) is 0 Å². The van der Waals surface area contributed by atoms with Crippen LogP contribution < -0.4 is 10.6 Å². The lowest BCUT2D eigenvalue weighted by molar-refractivity contribution is 0.0987. The molecule has 0 radical (unpaired) electrons. The maximum Gasteiger partial charge on any atom is 0.278 e. The number of carbonyl (C=O) groups excluding carboxylic acids is 2. The van der Waals surface area contributed by atoms with E-state index in [0.717, 1.165) is 0 Å². The summed E-state index contributed by atoms with van der Waals surface area (Å²) in [7, 11) is 1.64. The van der Waals surface area contributed by atoms with Gasteiger partial charge < -0.3 is 10.6 Å². The van der Waals surface area contributed by atoms with Crippen molar-refractivity contribution in [3.05, 3.63) is 42.0 Å². The van der Waals surface area contributed by atoms with Crippen molar-refractivity contribution in [1.82, 2.24) is 29.3 Å². The van der Waals surface area contributed by atoms with Crippen molar-refractivity contribution >= 4 is 23.5 Å². The minimum Gasteiger partial charge on any atom is -0.305 e. The minimum atomic E-state index is -0.504. The summed E-state index contributed by atoms with van der Waals surface area (Å²) in [5, 5.41) is 17.8. The summed E-state index contributed by atoms with van der Waals surface area (Å²) in [6.45, 7) is 5.28. The molecule has 0 aliphatic carbocycles. The van der Waals surface area contributed by atoms with Crippen LogP contribution in [0.1, 0.15) is 34.7 Å². The van der Waals surface area contributed by atoms with E-state index >= 15 is 0 Å². The molecule has 0 aliphatic rings. The lowest BCUT2D eigenvalue weighted by Crippen LogP contribution is -2.20. The van der Waals surface area contributed by atoms with Crippen LogP contribution in [0.3, 0.4) is 0 Å². The summed E-state index contributed by atoms with van der Waals surface area (Å²) in [4.78, 5) is 25.1. The molecule has 10 heteroatoms. The van der Waals surface area contributed by atoms with Crippen LogP contribution >= 0.6 is 0 Å². The van der Waals surface area contributed by atoms with Crippen molar-refractivity contribution < 1.29 is 9.59 Å². The number of carbonyl (C=O) groups is 2. The number of aromatic nitrogens is 6. The summed E-state index contributed by atoms with van der Waals surface area (Å²) in [6, 6.07) is 3.37. The fourth-order valence-corrected chi connectivity index (χ4v) is 2.39. The molecular weight excluding hydrogens is 336 g/mol. The van der Waals surface area contributed by atoms with E-state index in [-0.39, 0.29) is 11.3 Å². The highest BCUT2D eigenvalue weighted by molar-refractivity contribution is 6.13. The predicted molar refractivity (Wildman–Crippen MR) is 94.9 cm³/mol. The SMILES string of the molecule is CCn1ccc(NC(=O)c2cn(C)nc2C(=O)Nc2ccn(CC)n2)n1. The molecular formula is C16H20N8O2. The van der Waals surface area contributed by atoms with E-state index in [1.165, 1.54) is 10.9 Å². The smallest absolute Gasteiger partial charge is 0.278 e. The van der Waals surface area contributed by atoms with E-state index in [1.807, 2.05) is 13.8 Å². The van der Waals surface area contributed by atoms with Gasteiger partial charge in [0.15, 0.2) is 17.3 Å². The Labute approximate surface area is 149 Å². The molecule has 0 unspecified atom stereocenters. The van der Waals surface area contributed by atoms with Crippen molar-refractivity contribution in [1.29, 1.82) is 0 Å². The lowest BCUT2D eigenvalue weighted by Gasteiger charge is -2.03. The van der Waals surface area contributed by atoms with Gasteiger partial charge in [0.1, 0.15) is 0 Å². The van der Waals surface area contributed by atoms with Gasteiger partial charge in [-0.25, -0.2) is 0 Å². The van der Waals surface area contributed by atoms with E-state index < -0.39 is 11.8 Å². The maximum atomic E-state index is 12.5. The molecule has 3 aromatic heterocycles. The van der Waals surface area contributed by atoms with Gasteiger partial charge in [0.05, 0.1) is 5.56 Å². The number of aryl methyl sites for hydroxylation is 3. The Bertz CT molecular complexity index is 862. The van der Waals surface area contributed by atoms with Gasteiger partial charge in [0.2, 0.25) is 0 Å². The Kier molecular flexibility index (Phi) is 4.83. The van der Waals surface area contributed by atoms with Crippen molar-refractivity contribution in [3.63, 3.8) is 0 Å². The molecule has 0 bridgehead atoms. The zero-order valence-corrected chi connectivity index (χ0v) is 14.8. The summed E-state index contributed by atoms with van der Waals surface area (Å²) in [5.41, 5.74) is 0.178. The zero-order chi connectivity index (χ0) is 18.7. The monoisotopic (exact) mass is 356 g/mol. The van der Waals surface area contributed by atoms with Gasteiger partial charge in [-0.1, -0.05) is 0 Å². The molecule has 3 rings (SSSR count).